The zero-order valence-electron chi connectivity index (χ0n) is 19.5. The van der Waals surface area contributed by atoms with Gasteiger partial charge < -0.3 is 9.47 Å². The summed E-state index contributed by atoms with van der Waals surface area (Å²) < 4.78 is 38.3. The highest BCUT2D eigenvalue weighted by Crippen LogP contribution is 2.35. The van der Waals surface area contributed by atoms with Gasteiger partial charge in [-0.1, -0.05) is 0 Å². The van der Waals surface area contributed by atoms with Gasteiger partial charge in [0.2, 0.25) is 0 Å². The first-order valence-corrected chi connectivity index (χ1v) is 10.7. The van der Waals surface area contributed by atoms with Gasteiger partial charge in [-0.3, -0.25) is 9.59 Å². The van der Waals surface area contributed by atoms with E-state index in [0.29, 0.717) is 6.07 Å². The maximum absolute atomic E-state index is 13.8. The van der Waals surface area contributed by atoms with E-state index in [9.17, 15) is 28.0 Å². The average Bonchev–Trinajstić information content (AvgIpc) is 3.35. The number of carbonyl (C=O) groups is 4. The molecule has 4 aromatic rings. The molecule has 0 atom stereocenters. The van der Waals surface area contributed by atoms with Crippen molar-refractivity contribution in [2.75, 3.05) is 19.1 Å². The van der Waals surface area contributed by atoms with Crippen LogP contribution < -0.4 is 4.90 Å². The van der Waals surface area contributed by atoms with Crippen LogP contribution in [0.5, 0.6) is 0 Å². The molecule has 37 heavy (non-hydrogen) atoms. The molecular formula is C25H16F2N4O6. The summed E-state index contributed by atoms with van der Waals surface area (Å²) in [6, 6.07) is 6.49. The van der Waals surface area contributed by atoms with Gasteiger partial charge in [0.05, 0.1) is 58.9 Å². The Bertz CT molecular complexity index is 1630. The normalized spacial score (nSPS) is 12.7. The fourth-order valence-electron chi connectivity index (χ4n) is 4.25. The Morgan fingerprint density at radius 1 is 0.838 bits per heavy atom. The van der Waals surface area contributed by atoms with E-state index in [1.165, 1.54) is 22.9 Å². The summed E-state index contributed by atoms with van der Waals surface area (Å²) in [5, 5.41) is 4.50. The second kappa shape index (κ2) is 8.59. The molecule has 0 saturated carbocycles. The molecule has 12 heteroatoms. The zero-order valence-corrected chi connectivity index (χ0v) is 19.5. The quantitative estimate of drug-likeness (QED) is 0.305. The van der Waals surface area contributed by atoms with Crippen molar-refractivity contribution in [2.45, 2.75) is 6.92 Å². The number of halogens is 2. The number of ether oxygens (including phenoxy) is 2. The molecule has 5 rings (SSSR count). The fraction of sp³-hybridized carbons (Fsp3) is 0.120. The van der Waals surface area contributed by atoms with Crippen molar-refractivity contribution in [1.29, 1.82) is 0 Å². The van der Waals surface area contributed by atoms with E-state index >= 15 is 0 Å². The first-order valence-electron chi connectivity index (χ1n) is 10.7. The topological polar surface area (TPSA) is 121 Å². The maximum atomic E-state index is 13.8. The number of pyridine rings is 1. The van der Waals surface area contributed by atoms with Crippen molar-refractivity contribution in [3.8, 4) is 5.69 Å². The van der Waals surface area contributed by atoms with Gasteiger partial charge in [0.1, 0.15) is 11.6 Å². The number of nitrogens with zero attached hydrogens (tertiary/aromatic N) is 4. The van der Waals surface area contributed by atoms with Crippen molar-refractivity contribution >= 4 is 40.5 Å². The van der Waals surface area contributed by atoms with E-state index in [1.807, 2.05) is 0 Å². The van der Waals surface area contributed by atoms with E-state index in [-0.39, 0.29) is 50.4 Å². The average molecular weight is 506 g/mol. The van der Waals surface area contributed by atoms with Gasteiger partial charge in [-0.2, -0.15) is 5.10 Å². The Kier molecular flexibility index (Phi) is 5.51. The molecule has 0 bridgehead atoms. The number of rotatable bonds is 4. The third kappa shape index (κ3) is 3.69. The lowest BCUT2D eigenvalue weighted by Crippen LogP contribution is -2.30. The number of imide groups is 1. The maximum Gasteiger partial charge on any atom is 0.337 e. The number of benzene rings is 2. The third-order valence-electron chi connectivity index (χ3n) is 5.83. The first-order chi connectivity index (χ1) is 17.6. The van der Waals surface area contributed by atoms with Crippen molar-refractivity contribution in [2.24, 2.45) is 0 Å². The Morgan fingerprint density at radius 2 is 1.43 bits per heavy atom. The molecule has 0 N–H and O–H groups in total. The lowest BCUT2D eigenvalue weighted by molar-refractivity contribution is 0.0597. The number of amides is 2. The summed E-state index contributed by atoms with van der Waals surface area (Å²) >= 11 is 0. The number of fused-ring (bicyclic) bond motifs is 3. The number of hydrogen-bond donors (Lipinski definition) is 0. The fourth-order valence-corrected chi connectivity index (χ4v) is 4.25. The number of hydrogen-bond acceptors (Lipinski definition) is 8. The number of aryl methyl sites for hydroxylation is 1. The molecule has 2 amide bonds. The number of aromatic nitrogens is 3. The summed E-state index contributed by atoms with van der Waals surface area (Å²) in [6.45, 7) is 1.56. The Balaban J connectivity index is 1.68. The van der Waals surface area contributed by atoms with Crippen molar-refractivity contribution in [1.82, 2.24) is 14.8 Å². The van der Waals surface area contributed by atoms with Crippen LogP contribution in [0.2, 0.25) is 0 Å². The highest BCUT2D eigenvalue weighted by molar-refractivity contribution is 6.37. The van der Waals surface area contributed by atoms with Crippen LogP contribution in [0.15, 0.2) is 42.6 Å². The van der Waals surface area contributed by atoms with E-state index in [2.05, 4.69) is 10.1 Å². The molecule has 0 spiro atoms. The number of anilines is 1. The second-order valence-electron chi connectivity index (χ2n) is 8.07. The highest BCUT2D eigenvalue weighted by atomic mass is 19.1. The van der Waals surface area contributed by atoms with Gasteiger partial charge in [-0.05, 0) is 37.3 Å². The monoisotopic (exact) mass is 506 g/mol. The van der Waals surface area contributed by atoms with Crippen molar-refractivity contribution < 1.29 is 37.4 Å². The van der Waals surface area contributed by atoms with Crippen LogP contribution in [0.4, 0.5) is 14.5 Å². The van der Waals surface area contributed by atoms with Gasteiger partial charge in [0.25, 0.3) is 11.8 Å². The van der Waals surface area contributed by atoms with Gasteiger partial charge in [-0.15, -0.1) is 0 Å². The molecule has 0 saturated heterocycles. The standard InChI is InChI=1S/C25H16F2N4O6/c1-11-19-20-18(10-28-21(19)31(29-11)17-8-14(26)7-15(27)9-17)22(32)30(23(20)33)16-5-12(24(34)36-2)4-13(6-16)25(35)37-3/h4-10H,1-3H3. The molecule has 2 aromatic heterocycles. The zero-order chi connectivity index (χ0) is 26.6. The molecule has 186 valence electrons. The SMILES string of the molecule is COC(=O)c1cc(C(=O)OC)cc(N2C(=O)c3cnc4c(c(C)nn4-c4cc(F)cc(F)c4)c3C2=O)c1. The van der Waals surface area contributed by atoms with Crippen LogP contribution in [0.25, 0.3) is 16.7 Å². The van der Waals surface area contributed by atoms with E-state index < -0.39 is 35.4 Å². The molecule has 1 aliphatic rings. The van der Waals surface area contributed by atoms with E-state index in [4.69, 9.17) is 9.47 Å². The van der Waals surface area contributed by atoms with Crippen LogP contribution in [0.1, 0.15) is 47.1 Å². The number of methoxy groups -OCH3 is 2. The van der Waals surface area contributed by atoms with Crippen molar-refractivity contribution in [3.05, 3.63) is 82.2 Å². The van der Waals surface area contributed by atoms with Gasteiger partial charge in [0.15, 0.2) is 5.65 Å². The molecule has 0 radical (unpaired) electrons. The highest BCUT2D eigenvalue weighted by Gasteiger charge is 2.40. The van der Waals surface area contributed by atoms with Crippen LogP contribution in [-0.4, -0.2) is 52.7 Å². The molecular weight excluding hydrogens is 490 g/mol. The summed E-state index contributed by atoms with van der Waals surface area (Å²) in [6.07, 6.45) is 1.16. The molecule has 3 heterocycles. The minimum absolute atomic E-state index is 0.0290. The molecule has 0 fully saturated rings. The summed E-state index contributed by atoms with van der Waals surface area (Å²) in [5.41, 5.74) is 0.0977. The predicted molar refractivity (Wildman–Crippen MR) is 124 cm³/mol. The van der Waals surface area contributed by atoms with Crippen LogP contribution in [0.3, 0.4) is 0 Å². The number of esters is 2. The summed E-state index contributed by atoms with van der Waals surface area (Å²) in [4.78, 5) is 56.4. The lowest BCUT2D eigenvalue weighted by atomic mass is 10.1. The van der Waals surface area contributed by atoms with Gasteiger partial charge in [-0.25, -0.2) is 32.9 Å². The Morgan fingerprint density at radius 3 is 2.00 bits per heavy atom. The minimum atomic E-state index is -0.832. The number of carbonyl (C=O) groups excluding carboxylic acids is 4. The molecule has 0 aliphatic carbocycles. The smallest absolute Gasteiger partial charge is 0.337 e. The molecule has 0 unspecified atom stereocenters. The third-order valence-corrected chi connectivity index (χ3v) is 5.83. The second-order valence-corrected chi connectivity index (χ2v) is 8.07. The van der Waals surface area contributed by atoms with E-state index in [0.717, 1.165) is 37.4 Å². The first kappa shape index (κ1) is 23.7. The Labute approximate surface area is 207 Å². The van der Waals surface area contributed by atoms with Crippen LogP contribution in [-0.2, 0) is 9.47 Å². The van der Waals surface area contributed by atoms with Crippen molar-refractivity contribution in [3.63, 3.8) is 0 Å². The largest absolute Gasteiger partial charge is 0.465 e. The molecule has 1 aliphatic heterocycles. The molecule has 2 aromatic carbocycles. The van der Waals surface area contributed by atoms with Crippen LogP contribution in [0, 0.1) is 18.6 Å². The summed E-state index contributed by atoms with van der Waals surface area (Å²) in [5.74, 6) is -4.78. The van der Waals surface area contributed by atoms with Gasteiger partial charge in [0, 0.05) is 12.3 Å². The van der Waals surface area contributed by atoms with Gasteiger partial charge >= 0.3 is 11.9 Å². The van der Waals surface area contributed by atoms with Crippen LogP contribution >= 0.6 is 0 Å². The molecule has 10 nitrogen and oxygen atoms in total. The summed E-state index contributed by atoms with van der Waals surface area (Å²) in [7, 11) is 2.28. The predicted octanol–water partition coefficient (Wildman–Crippen LogP) is 3.38. The minimum Gasteiger partial charge on any atom is -0.465 e. The Hall–Kier alpha value is -5.00. The lowest BCUT2D eigenvalue weighted by Gasteiger charge is -2.16. The van der Waals surface area contributed by atoms with E-state index in [1.54, 1.807) is 6.92 Å².